The topological polar surface area (TPSA) is 43.4 Å². The fourth-order valence-corrected chi connectivity index (χ4v) is 2.27. The van der Waals surface area contributed by atoms with Crippen LogP contribution in [-0.2, 0) is 16.0 Å². The average molecular weight is 323 g/mol. The summed E-state index contributed by atoms with van der Waals surface area (Å²) in [7, 11) is 0. The second-order valence-corrected chi connectivity index (χ2v) is 5.21. The molecule has 21 heavy (non-hydrogen) atoms. The molecule has 2 aromatic carbocycles. The maximum Gasteiger partial charge on any atom is 0.310 e. The van der Waals surface area contributed by atoms with Crippen molar-refractivity contribution in [2.24, 2.45) is 0 Å². The number of Topliss-reactive ketones (excluding diaryl/α,β-unsaturated/α-hetero) is 1. The van der Waals surface area contributed by atoms with Gasteiger partial charge < -0.3 is 4.74 Å². The molecular weight excluding hydrogens is 311 g/mol. The van der Waals surface area contributed by atoms with E-state index in [0.29, 0.717) is 5.02 Å². The molecule has 0 unspecified atom stereocenters. The number of halogens is 2. The number of ether oxygens (including phenoxy) is 1. The Bertz CT molecular complexity index is 654. The fraction of sp³-hybridized carbons (Fsp3) is 0.125. The van der Waals surface area contributed by atoms with Crippen LogP contribution in [0.15, 0.2) is 48.5 Å². The molecule has 0 atom stereocenters. The van der Waals surface area contributed by atoms with Crippen LogP contribution in [0.25, 0.3) is 0 Å². The van der Waals surface area contributed by atoms with E-state index in [4.69, 9.17) is 27.9 Å². The first kappa shape index (κ1) is 15.5. The van der Waals surface area contributed by atoms with Crippen molar-refractivity contribution in [3.05, 3.63) is 69.7 Å². The van der Waals surface area contributed by atoms with Crippen molar-refractivity contribution in [1.82, 2.24) is 0 Å². The van der Waals surface area contributed by atoms with Crippen LogP contribution in [0.5, 0.6) is 0 Å². The van der Waals surface area contributed by atoms with Gasteiger partial charge in [-0.1, -0.05) is 53.5 Å². The van der Waals surface area contributed by atoms with E-state index in [1.165, 1.54) is 12.1 Å². The molecule has 3 nitrogen and oxygen atoms in total. The van der Waals surface area contributed by atoms with Gasteiger partial charge in [-0.05, 0) is 23.8 Å². The van der Waals surface area contributed by atoms with Gasteiger partial charge >= 0.3 is 5.97 Å². The van der Waals surface area contributed by atoms with Crippen LogP contribution in [0.2, 0.25) is 10.0 Å². The van der Waals surface area contributed by atoms with Crippen molar-refractivity contribution in [3.8, 4) is 0 Å². The molecule has 0 N–H and O–H groups in total. The molecule has 0 saturated carbocycles. The largest absolute Gasteiger partial charge is 0.457 e. The summed E-state index contributed by atoms with van der Waals surface area (Å²) in [5.74, 6) is -0.822. The predicted octanol–water partition coefficient (Wildman–Crippen LogP) is 3.96. The van der Waals surface area contributed by atoms with E-state index in [1.807, 2.05) is 30.3 Å². The van der Waals surface area contributed by atoms with Crippen molar-refractivity contribution in [2.75, 3.05) is 6.61 Å². The molecule has 0 aliphatic heterocycles. The van der Waals surface area contributed by atoms with Gasteiger partial charge in [-0.2, -0.15) is 0 Å². The van der Waals surface area contributed by atoms with E-state index in [1.54, 1.807) is 6.07 Å². The molecule has 108 valence electrons. The first-order valence-electron chi connectivity index (χ1n) is 6.24. The minimum absolute atomic E-state index is 0.127. The third-order valence-corrected chi connectivity index (χ3v) is 3.33. The van der Waals surface area contributed by atoms with Gasteiger partial charge in [-0.25, -0.2) is 0 Å². The molecule has 2 rings (SSSR count). The molecule has 0 amide bonds. The smallest absolute Gasteiger partial charge is 0.310 e. The molecule has 0 bridgehead atoms. The number of benzene rings is 2. The van der Waals surface area contributed by atoms with Crippen LogP contribution in [0.4, 0.5) is 0 Å². The number of hydrogen-bond acceptors (Lipinski definition) is 3. The molecule has 0 spiro atoms. The lowest BCUT2D eigenvalue weighted by Gasteiger charge is -2.06. The van der Waals surface area contributed by atoms with Crippen LogP contribution in [-0.4, -0.2) is 18.4 Å². The summed E-state index contributed by atoms with van der Waals surface area (Å²) < 4.78 is 4.97. The van der Waals surface area contributed by atoms with Crippen LogP contribution in [0.1, 0.15) is 15.9 Å². The van der Waals surface area contributed by atoms with Gasteiger partial charge in [0, 0.05) is 10.6 Å². The highest BCUT2D eigenvalue weighted by atomic mass is 35.5. The molecule has 0 aliphatic rings. The maximum absolute atomic E-state index is 11.9. The number of rotatable bonds is 5. The molecule has 0 aromatic heterocycles. The molecule has 0 saturated heterocycles. The molecular formula is C16H12Cl2O3. The average Bonchev–Trinajstić information content (AvgIpc) is 2.46. The lowest BCUT2D eigenvalue weighted by Crippen LogP contribution is -2.16. The molecule has 2 aromatic rings. The monoisotopic (exact) mass is 322 g/mol. The van der Waals surface area contributed by atoms with Gasteiger partial charge in [0.25, 0.3) is 0 Å². The van der Waals surface area contributed by atoms with Crippen LogP contribution >= 0.6 is 23.2 Å². The molecule has 0 aliphatic carbocycles. The van der Waals surface area contributed by atoms with Crippen molar-refractivity contribution in [3.63, 3.8) is 0 Å². The summed E-state index contributed by atoms with van der Waals surface area (Å²) in [6.07, 6.45) is 0.127. The Kier molecular flexibility index (Phi) is 5.37. The third kappa shape index (κ3) is 4.59. The first-order chi connectivity index (χ1) is 10.1. The Hall–Kier alpha value is -1.84. The maximum atomic E-state index is 11.9. The molecule has 0 heterocycles. The van der Waals surface area contributed by atoms with E-state index in [-0.39, 0.29) is 29.4 Å². The van der Waals surface area contributed by atoms with Crippen molar-refractivity contribution in [1.29, 1.82) is 0 Å². The minimum atomic E-state index is -0.459. The van der Waals surface area contributed by atoms with E-state index in [9.17, 15) is 9.59 Å². The number of carbonyl (C=O) groups is 2. The molecule has 0 radical (unpaired) electrons. The quantitative estimate of drug-likeness (QED) is 0.618. The minimum Gasteiger partial charge on any atom is -0.457 e. The number of esters is 1. The van der Waals surface area contributed by atoms with E-state index < -0.39 is 5.97 Å². The Morgan fingerprint density at radius 2 is 1.71 bits per heavy atom. The highest BCUT2D eigenvalue weighted by molar-refractivity contribution is 6.36. The van der Waals surface area contributed by atoms with E-state index in [2.05, 4.69) is 0 Å². The summed E-state index contributed by atoms with van der Waals surface area (Å²) in [5, 5.41) is 0.684. The van der Waals surface area contributed by atoms with Crippen LogP contribution in [0.3, 0.4) is 0 Å². The zero-order chi connectivity index (χ0) is 15.2. The fourth-order valence-electron chi connectivity index (χ4n) is 1.75. The highest BCUT2D eigenvalue weighted by Gasteiger charge is 2.13. The normalized spacial score (nSPS) is 10.2. The Balaban J connectivity index is 1.90. The summed E-state index contributed by atoms with van der Waals surface area (Å²) in [6, 6.07) is 13.7. The second kappa shape index (κ2) is 7.25. The van der Waals surface area contributed by atoms with Gasteiger partial charge in [0.15, 0.2) is 6.61 Å². The Morgan fingerprint density at radius 1 is 1.00 bits per heavy atom. The van der Waals surface area contributed by atoms with Crippen molar-refractivity contribution in [2.45, 2.75) is 6.42 Å². The lowest BCUT2D eigenvalue weighted by molar-refractivity contribution is -0.141. The first-order valence-corrected chi connectivity index (χ1v) is 6.99. The lowest BCUT2D eigenvalue weighted by atomic mass is 10.1. The third-order valence-electron chi connectivity index (χ3n) is 2.79. The van der Waals surface area contributed by atoms with Crippen molar-refractivity contribution < 1.29 is 14.3 Å². The van der Waals surface area contributed by atoms with Gasteiger partial charge in [-0.3, -0.25) is 9.59 Å². The summed E-state index contributed by atoms with van der Waals surface area (Å²) >= 11 is 11.7. The number of carbonyl (C=O) groups excluding carboxylic acids is 2. The van der Waals surface area contributed by atoms with Crippen LogP contribution in [0, 0.1) is 0 Å². The van der Waals surface area contributed by atoms with Crippen LogP contribution < -0.4 is 0 Å². The number of hydrogen-bond donors (Lipinski definition) is 0. The predicted molar refractivity (Wildman–Crippen MR) is 81.9 cm³/mol. The zero-order valence-electron chi connectivity index (χ0n) is 11.0. The van der Waals surface area contributed by atoms with E-state index in [0.717, 1.165) is 5.56 Å². The van der Waals surface area contributed by atoms with Crippen molar-refractivity contribution >= 4 is 35.0 Å². The molecule has 0 fully saturated rings. The van der Waals surface area contributed by atoms with Gasteiger partial charge in [0.1, 0.15) is 0 Å². The highest BCUT2D eigenvalue weighted by Crippen LogP contribution is 2.21. The number of ketones is 1. The Morgan fingerprint density at radius 3 is 2.38 bits per heavy atom. The molecule has 5 heteroatoms. The summed E-state index contributed by atoms with van der Waals surface area (Å²) in [4.78, 5) is 23.6. The Labute approximate surface area is 132 Å². The van der Waals surface area contributed by atoms with Gasteiger partial charge in [0.2, 0.25) is 5.78 Å². The van der Waals surface area contributed by atoms with Gasteiger partial charge in [0.05, 0.1) is 11.4 Å². The summed E-state index contributed by atoms with van der Waals surface area (Å²) in [5.41, 5.74) is 1.12. The summed E-state index contributed by atoms with van der Waals surface area (Å²) in [6.45, 7) is -0.340. The zero-order valence-corrected chi connectivity index (χ0v) is 12.5. The van der Waals surface area contributed by atoms with Gasteiger partial charge in [-0.15, -0.1) is 0 Å². The standard InChI is InChI=1S/C16H12Cl2O3/c17-12-6-7-13(14(18)9-12)15(19)10-21-16(20)8-11-4-2-1-3-5-11/h1-7,9H,8,10H2. The second-order valence-electron chi connectivity index (χ2n) is 4.37. The van der Waals surface area contributed by atoms with E-state index >= 15 is 0 Å². The SMILES string of the molecule is O=C(Cc1ccccc1)OCC(=O)c1ccc(Cl)cc1Cl.